The number of fused-ring (bicyclic) bond motifs is 2. The third-order valence-corrected chi connectivity index (χ3v) is 4.69. The number of benzene rings is 2. The van der Waals surface area contributed by atoms with Crippen molar-refractivity contribution in [1.82, 2.24) is 25.5 Å². The van der Waals surface area contributed by atoms with Gasteiger partial charge in [-0.3, -0.25) is 5.10 Å². The van der Waals surface area contributed by atoms with E-state index in [0.29, 0.717) is 0 Å². The van der Waals surface area contributed by atoms with Crippen molar-refractivity contribution in [2.45, 2.75) is 0 Å². The average molecular weight is 345 g/mol. The zero-order valence-electron chi connectivity index (χ0n) is 14.2. The lowest BCUT2D eigenvalue weighted by Crippen LogP contribution is -2.44. The van der Waals surface area contributed by atoms with E-state index in [1.165, 1.54) is 0 Å². The van der Waals surface area contributed by atoms with Crippen molar-refractivity contribution < 1.29 is 0 Å². The van der Waals surface area contributed by atoms with Crippen LogP contribution in [0.4, 0.5) is 17.5 Å². The van der Waals surface area contributed by atoms with E-state index in [2.05, 4.69) is 37.9 Å². The highest BCUT2D eigenvalue weighted by Gasteiger charge is 2.16. The molecular weight excluding hydrogens is 326 g/mol. The molecule has 0 radical (unpaired) electrons. The number of hydrogen-bond donors (Lipinski definition) is 3. The Labute approximate surface area is 150 Å². The second-order valence-corrected chi connectivity index (χ2v) is 6.42. The number of anilines is 3. The summed E-state index contributed by atoms with van der Waals surface area (Å²) in [6, 6.07) is 14.2. The first-order chi connectivity index (χ1) is 12.9. The van der Waals surface area contributed by atoms with Crippen molar-refractivity contribution in [3.05, 3.63) is 48.7 Å². The van der Waals surface area contributed by atoms with Crippen molar-refractivity contribution in [3.63, 3.8) is 0 Å². The molecule has 5 rings (SSSR count). The molecule has 1 fully saturated rings. The second kappa shape index (κ2) is 6.27. The molecule has 7 heteroatoms. The summed E-state index contributed by atoms with van der Waals surface area (Å²) < 4.78 is 0. The normalized spacial score (nSPS) is 14.8. The molecule has 0 aliphatic carbocycles. The smallest absolute Gasteiger partial charge is 0.227 e. The number of para-hydroxylation sites is 1. The maximum absolute atomic E-state index is 4.84. The van der Waals surface area contributed by atoms with Gasteiger partial charge in [0.2, 0.25) is 5.95 Å². The maximum atomic E-state index is 4.84. The van der Waals surface area contributed by atoms with Crippen LogP contribution < -0.4 is 15.5 Å². The lowest BCUT2D eigenvalue weighted by Gasteiger charge is -2.28. The average Bonchev–Trinajstić information content (AvgIpc) is 3.16. The molecule has 0 atom stereocenters. The summed E-state index contributed by atoms with van der Waals surface area (Å²) in [4.78, 5) is 11.8. The Balaban J connectivity index is 1.58. The highest BCUT2D eigenvalue weighted by atomic mass is 15.3. The van der Waals surface area contributed by atoms with Crippen LogP contribution in [-0.2, 0) is 0 Å². The third kappa shape index (κ3) is 2.72. The van der Waals surface area contributed by atoms with E-state index in [9.17, 15) is 0 Å². The van der Waals surface area contributed by atoms with E-state index in [1.54, 1.807) is 0 Å². The van der Waals surface area contributed by atoms with Gasteiger partial charge in [0.1, 0.15) is 5.82 Å². The molecule has 0 amide bonds. The van der Waals surface area contributed by atoms with Crippen LogP contribution in [0.25, 0.3) is 21.8 Å². The Bertz CT molecular complexity index is 1070. The quantitative estimate of drug-likeness (QED) is 0.530. The molecule has 0 bridgehead atoms. The largest absolute Gasteiger partial charge is 0.340 e. The Morgan fingerprint density at radius 1 is 1.00 bits per heavy atom. The number of rotatable bonds is 3. The number of nitrogens with one attached hydrogen (secondary N) is 3. The first-order valence-electron chi connectivity index (χ1n) is 8.79. The van der Waals surface area contributed by atoms with Crippen LogP contribution in [0.1, 0.15) is 0 Å². The summed E-state index contributed by atoms with van der Waals surface area (Å²) in [6.07, 6.45) is 1.82. The van der Waals surface area contributed by atoms with Gasteiger partial charge in [-0.2, -0.15) is 10.1 Å². The van der Waals surface area contributed by atoms with Crippen LogP contribution in [0.15, 0.2) is 48.7 Å². The summed E-state index contributed by atoms with van der Waals surface area (Å²) in [5.74, 6) is 1.60. The van der Waals surface area contributed by atoms with E-state index < -0.39 is 0 Å². The van der Waals surface area contributed by atoms with Gasteiger partial charge in [-0.1, -0.05) is 12.1 Å². The fraction of sp³-hybridized carbons (Fsp3) is 0.211. The highest BCUT2D eigenvalue weighted by Crippen LogP contribution is 2.27. The van der Waals surface area contributed by atoms with Gasteiger partial charge in [0.05, 0.1) is 17.2 Å². The molecule has 3 N–H and O–H groups in total. The fourth-order valence-electron chi connectivity index (χ4n) is 3.32. The molecule has 0 spiro atoms. The summed E-state index contributed by atoms with van der Waals surface area (Å²) in [5.41, 5.74) is 2.95. The molecule has 1 saturated heterocycles. The molecule has 1 aliphatic heterocycles. The van der Waals surface area contributed by atoms with Crippen molar-refractivity contribution >= 4 is 39.3 Å². The fourth-order valence-corrected chi connectivity index (χ4v) is 3.32. The van der Waals surface area contributed by atoms with Crippen molar-refractivity contribution in [1.29, 1.82) is 0 Å². The van der Waals surface area contributed by atoms with Gasteiger partial charge in [0, 0.05) is 42.6 Å². The Hall–Kier alpha value is -3.19. The number of aromatic amines is 1. The molecule has 3 heterocycles. The first-order valence-corrected chi connectivity index (χ1v) is 8.79. The monoisotopic (exact) mass is 345 g/mol. The predicted molar refractivity (Wildman–Crippen MR) is 104 cm³/mol. The Morgan fingerprint density at radius 2 is 1.88 bits per heavy atom. The number of piperazine rings is 1. The van der Waals surface area contributed by atoms with E-state index in [-0.39, 0.29) is 0 Å². The SMILES string of the molecule is c1ccc2c(Nc3ccc4[nH]ncc4c3)nc(N3CCNCC3)nc2c1. The predicted octanol–water partition coefficient (Wildman–Crippen LogP) is 2.66. The Kier molecular flexibility index (Phi) is 3.64. The van der Waals surface area contributed by atoms with Gasteiger partial charge >= 0.3 is 0 Å². The second-order valence-electron chi connectivity index (χ2n) is 6.42. The molecule has 1 aliphatic rings. The van der Waals surface area contributed by atoms with Crippen LogP contribution in [0.2, 0.25) is 0 Å². The lowest BCUT2D eigenvalue weighted by molar-refractivity contribution is 0.581. The van der Waals surface area contributed by atoms with Gasteiger partial charge in [0.25, 0.3) is 0 Å². The third-order valence-electron chi connectivity index (χ3n) is 4.69. The number of aromatic nitrogens is 4. The first kappa shape index (κ1) is 15.1. The minimum absolute atomic E-state index is 0.775. The number of hydrogen-bond acceptors (Lipinski definition) is 6. The molecule has 4 aromatic rings. The van der Waals surface area contributed by atoms with Crippen LogP contribution in [-0.4, -0.2) is 46.3 Å². The van der Waals surface area contributed by atoms with Crippen molar-refractivity contribution in [3.8, 4) is 0 Å². The number of nitrogens with zero attached hydrogens (tertiary/aromatic N) is 4. The minimum atomic E-state index is 0.775. The van der Waals surface area contributed by atoms with Gasteiger partial charge in [-0.15, -0.1) is 0 Å². The highest BCUT2D eigenvalue weighted by molar-refractivity contribution is 5.92. The standard InChI is InChI=1S/C19H19N7/c1-2-4-17-15(3-1)18(24-19(23-17)26-9-7-20-8-10-26)22-14-5-6-16-13(11-14)12-21-25-16/h1-6,11-12,20H,7-10H2,(H,21,25)(H,22,23,24). The molecule has 2 aromatic heterocycles. The zero-order chi connectivity index (χ0) is 17.3. The van der Waals surface area contributed by atoms with E-state index >= 15 is 0 Å². The lowest BCUT2D eigenvalue weighted by atomic mass is 10.2. The van der Waals surface area contributed by atoms with Gasteiger partial charge in [0.15, 0.2) is 0 Å². The molecule has 2 aromatic carbocycles. The maximum Gasteiger partial charge on any atom is 0.227 e. The van der Waals surface area contributed by atoms with E-state index in [1.807, 2.05) is 36.5 Å². The topological polar surface area (TPSA) is 81.8 Å². The van der Waals surface area contributed by atoms with E-state index in [4.69, 9.17) is 9.97 Å². The van der Waals surface area contributed by atoms with Gasteiger partial charge in [-0.25, -0.2) is 4.98 Å². The number of H-pyrrole nitrogens is 1. The van der Waals surface area contributed by atoms with Crippen molar-refractivity contribution in [2.75, 3.05) is 36.4 Å². The van der Waals surface area contributed by atoms with Gasteiger partial charge in [-0.05, 0) is 30.3 Å². The van der Waals surface area contributed by atoms with Crippen LogP contribution in [0.3, 0.4) is 0 Å². The molecule has 130 valence electrons. The summed E-state index contributed by atoms with van der Waals surface area (Å²) in [6.45, 7) is 3.74. The summed E-state index contributed by atoms with van der Waals surface area (Å²) in [5, 5.41) is 16.0. The minimum Gasteiger partial charge on any atom is -0.340 e. The summed E-state index contributed by atoms with van der Waals surface area (Å²) >= 11 is 0. The molecular formula is C19H19N7. The molecule has 26 heavy (non-hydrogen) atoms. The van der Waals surface area contributed by atoms with Gasteiger partial charge < -0.3 is 15.5 Å². The zero-order valence-corrected chi connectivity index (χ0v) is 14.2. The summed E-state index contributed by atoms with van der Waals surface area (Å²) in [7, 11) is 0. The van der Waals surface area contributed by atoms with Crippen molar-refractivity contribution in [2.24, 2.45) is 0 Å². The molecule has 0 saturated carbocycles. The van der Waals surface area contributed by atoms with Crippen LogP contribution >= 0.6 is 0 Å². The Morgan fingerprint density at radius 3 is 2.81 bits per heavy atom. The van der Waals surface area contributed by atoms with E-state index in [0.717, 1.165) is 65.4 Å². The molecule has 0 unspecified atom stereocenters. The molecule has 7 nitrogen and oxygen atoms in total. The van der Waals surface area contributed by atoms with Crippen LogP contribution in [0, 0.1) is 0 Å². The van der Waals surface area contributed by atoms with Crippen LogP contribution in [0.5, 0.6) is 0 Å².